The van der Waals surface area contributed by atoms with E-state index < -0.39 is 17.4 Å². The van der Waals surface area contributed by atoms with E-state index in [0.717, 1.165) is 5.56 Å². The summed E-state index contributed by atoms with van der Waals surface area (Å²) in [7, 11) is 2.42. The molecule has 20 heavy (non-hydrogen) atoms. The van der Waals surface area contributed by atoms with Gasteiger partial charge < -0.3 is 9.47 Å². The fourth-order valence-corrected chi connectivity index (χ4v) is 1.49. The summed E-state index contributed by atoms with van der Waals surface area (Å²) in [5, 5.41) is 0. The van der Waals surface area contributed by atoms with Crippen molar-refractivity contribution in [1.82, 2.24) is 0 Å². The molecule has 0 saturated carbocycles. The molecule has 0 N–H and O–H groups in total. The van der Waals surface area contributed by atoms with E-state index in [9.17, 15) is 9.59 Å². The van der Waals surface area contributed by atoms with Gasteiger partial charge in [0.15, 0.2) is 5.41 Å². The smallest absolute Gasteiger partial charge is 0.327 e. The SMILES string of the molecule is COC(=O)C(C)(C=C=C=Cc1ccccc1)C(=O)OC. The van der Waals surface area contributed by atoms with Crippen LogP contribution in [0.25, 0.3) is 6.08 Å². The molecule has 1 aromatic rings. The van der Waals surface area contributed by atoms with Crippen LogP contribution in [0.2, 0.25) is 0 Å². The fraction of sp³-hybridized carbons (Fsp3) is 0.250. The van der Waals surface area contributed by atoms with Crippen molar-refractivity contribution in [3.8, 4) is 0 Å². The van der Waals surface area contributed by atoms with Crippen LogP contribution in [0.15, 0.2) is 47.9 Å². The molecule has 0 spiro atoms. The van der Waals surface area contributed by atoms with Gasteiger partial charge in [-0.3, -0.25) is 9.59 Å². The van der Waals surface area contributed by atoms with Crippen LogP contribution in [0.4, 0.5) is 0 Å². The molecule has 0 aliphatic carbocycles. The molecule has 0 aliphatic rings. The van der Waals surface area contributed by atoms with Gasteiger partial charge in [0.05, 0.1) is 14.2 Å². The normalized spacial score (nSPS) is 9.75. The van der Waals surface area contributed by atoms with Crippen molar-refractivity contribution in [3.63, 3.8) is 0 Å². The lowest BCUT2D eigenvalue weighted by Crippen LogP contribution is -2.36. The quantitative estimate of drug-likeness (QED) is 0.479. The van der Waals surface area contributed by atoms with Crippen molar-refractivity contribution in [1.29, 1.82) is 0 Å². The van der Waals surface area contributed by atoms with E-state index in [2.05, 4.69) is 20.9 Å². The highest BCUT2D eigenvalue weighted by molar-refractivity contribution is 6.01. The van der Waals surface area contributed by atoms with E-state index in [4.69, 9.17) is 0 Å². The summed E-state index contributed by atoms with van der Waals surface area (Å²) in [6.07, 6.45) is 2.97. The number of hydrogen-bond donors (Lipinski definition) is 0. The van der Waals surface area contributed by atoms with Crippen LogP contribution in [0, 0.1) is 5.41 Å². The zero-order chi connectivity index (χ0) is 15.0. The molecule has 4 nitrogen and oxygen atoms in total. The van der Waals surface area contributed by atoms with E-state index in [-0.39, 0.29) is 0 Å². The van der Waals surface area contributed by atoms with Gasteiger partial charge >= 0.3 is 11.9 Å². The van der Waals surface area contributed by atoms with Crippen molar-refractivity contribution in [2.45, 2.75) is 6.92 Å². The first-order valence-electron chi connectivity index (χ1n) is 5.95. The highest BCUT2D eigenvalue weighted by atomic mass is 16.5. The molecule has 0 amide bonds. The number of carbonyl (C=O) groups excluding carboxylic acids is 2. The van der Waals surface area contributed by atoms with Gasteiger partial charge in [-0.1, -0.05) is 41.8 Å². The predicted molar refractivity (Wildman–Crippen MR) is 74.6 cm³/mol. The molecule has 0 atom stereocenters. The fourth-order valence-electron chi connectivity index (χ4n) is 1.49. The lowest BCUT2D eigenvalue weighted by Gasteiger charge is -2.18. The average molecular weight is 272 g/mol. The Morgan fingerprint density at radius 1 is 1.05 bits per heavy atom. The molecular formula is C16H16O4. The summed E-state index contributed by atoms with van der Waals surface area (Å²) in [6.45, 7) is 1.40. The van der Waals surface area contributed by atoms with Crippen LogP contribution in [0.5, 0.6) is 0 Å². The van der Waals surface area contributed by atoms with Gasteiger partial charge in [-0.05, 0) is 24.6 Å². The number of rotatable bonds is 4. The Kier molecular flexibility index (Phi) is 5.55. The molecule has 0 aromatic heterocycles. The minimum Gasteiger partial charge on any atom is -0.468 e. The lowest BCUT2D eigenvalue weighted by atomic mass is 9.91. The second-order valence-corrected chi connectivity index (χ2v) is 4.17. The van der Waals surface area contributed by atoms with Gasteiger partial charge in [0.25, 0.3) is 0 Å². The maximum absolute atomic E-state index is 11.7. The van der Waals surface area contributed by atoms with Crippen molar-refractivity contribution >= 4 is 18.0 Å². The number of esters is 2. The van der Waals surface area contributed by atoms with Gasteiger partial charge in [0.2, 0.25) is 0 Å². The molecule has 0 fully saturated rings. The topological polar surface area (TPSA) is 52.6 Å². The number of carbonyl (C=O) groups is 2. The Hall–Kier alpha value is -2.54. The van der Waals surface area contributed by atoms with Gasteiger partial charge in [-0.25, -0.2) is 0 Å². The summed E-state index contributed by atoms with van der Waals surface area (Å²) in [5.74, 6) is -1.42. The monoisotopic (exact) mass is 272 g/mol. The molecule has 4 heteroatoms. The van der Waals surface area contributed by atoms with E-state index in [0.29, 0.717) is 0 Å². The van der Waals surface area contributed by atoms with Crippen LogP contribution >= 0.6 is 0 Å². The summed E-state index contributed by atoms with van der Waals surface area (Å²) in [6, 6.07) is 9.49. The number of ether oxygens (including phenoxy) is 2. The zero-order valence-corrected chi connectivity index (χ0v) is 11.7. The van der Waals surface area contributed by atoms with E-state index >= 15 is 0 Å². The molecule has 104 valence electrons. The first kappa shape index (κ1) is 15.5. The molecule has 0 bridgehead atoms. The highest BCUT2D eigenvalue weighted by Crippen LogP contribution is 2.21. The van der Waals surface area contributed by atoms with Crippen molar-refractivity contribution in [3.05, 3.63) is 53.4 Å². The molecule has 0 aliphatic heterocycles. The Morgan fingerprint density at radius 2 is 1.60 bits per heavy atom. The second kappa shape index (κ2) is 7.15. The summed E-state index contributed by atoms with van der Waals surface area (Å²) < 4.78 is 9.21. The van der Waals surface area contributed by atoms with E-state index in [1.807, 2.05) is 30.3 Å². The Morgan fingerprint density at radius 3 is 2.10 bits per heavy atom. The predicted octanol–water partition coefficient (Wildman–Crippen LogP) is 2.36. The maximum atomic E-state index is 11.7. The average Bonchev–Trinajstić information content (AvgIpc) is 2.50. The largest absolute Gasteiger partial charge is 0.468 e. The van der Waals surface area contributed by atoms with Gasteiger partial charge in [0.1, 0.15) is 0 Å². The van der Waals surface area contributed by atoms with Gasteiger partial charge in [0, 0.05) is 0 Å². The Labute approximate surface area is 118 Å². The van der Waals surface area contributed by atoms with E-state index in [1.54, 1.807) is 6.08 Å². The molecular weight excluding hydrogens is 256 g/mol. The van der Waals surface area contributed by atoms with Gasteiger partial charge in [-0.15, -0.1) is 0 Å². The molecule has 0 unspecified atom stereocenters. The first-order valence-corrected chi connectivity index (χ1v) is 5.95. The summed E-state index contributed by atoms with van der Waals surface area (Å²) >= 11 is 0. The second-order valence-electron chi connectivity index (χ2n) is 4.17. The number of methoxy groups -OCH3 is 2. The standard InChI is InChI=1S/C16H16O4/c1-16(14(17)19-2,15(18)20-3)12-8-7-11-13-9-5-4-6-10-13/h4-6,9-12H,1-3H3. The van der Waals surface area contributed by atoms with Crippen LogP contribution in [0.3, 0.4) is 0 Å². The Bertz CT molecular complexity index is 558. The lowest BCUT2D eigenvalue weighted by molar-refractivity contribution is -0.163. The molecule has 0 heterocycles. The minimum atomic E-state index is -1.53. The van der Waals surface area contributed by atoms with Crippen molar-refractivity contribution in [2.75, 3.05) is 14.2 Å². The first-order chi connectivity index (χ1) is 9.54. The third-order valence-corrected chi connectivity index (χ3v) is 2.70. The molecule has 1 aromatic carbocycles. The maximum Gasteiger partial charge on any atom is 0.327 e. The third kappa shape index (κ3) is 3.72. The minimum absolute atomic E-state index is 0.710. The highest BCUT2D eigenvalue weighted by Gasteiger charge is 2.41. The number of benzene rings is 1. The van der Waals surface area contributed by atoms with Crippen molar-refractivity contribution in [2.24, 2.45) is 5.41 Å². The van der Waals surface area contributed by atoms with Crippen LogP contribution in [-0.4, -0.2) is 26.2 Å². The Balaban J connectivity index is 3.07. The number of hydrogen-bond acceptors (Lipinski definition) is 4. The van der Waals surface area contributed by atoms with Gasteiger partial charge in [-0.2, -0.15) is 0 Å². The molecule has 1 rings (SSSR count). The van der Waals surface area contributed by atoms with Crippen LogP contribution < -0.4 is 0 Å². The summed E-state index contributed by atoms with van der Waals surface area (Å²) in [5.41, 5.74) is 4.85. The molecule has 0 saturated heterocycles. The van der Waals surface area contributed by atoms with E-state index in [1.165, 1.54) is 27.2 Å². The zero-order valence-electron chi connectivity index (χ0n) is 11.7. The summed E-state index contributed by atoms with van der Waals surface area (Å²) in [4.78, 5) is 23.3. The van der Waals surface area contributed by atoms with Crippen LogP contribution in [0.1, 0.15) is 12.5 Å². The van der Waals surface area contributed by atoms with Crippen molar-refractivity contribution < 1.29 is 19.1 Å². The molecule has 0 radical (unpaired) electrons. The van der Waals surface area contributed by atoms with Crippen LogP contribution in [-0.2, 0) is 19.1 Å². The third-order valence-electron chi connectivity index (χ3n) is 2.70.